The molecule has 0 bridgehead atoms. The molecular weight excluding hydrogens is 218 g/mol. The van der Waals surface area contributed by atoms with Crippen LogP contribution < -0.4 is 0 Å². The molecule has 1 aliphatic rings. The largest absolute Gasteiger partial charge is 0.183 e. The first kappa shape index (κ1) is 8.23. The van der Waals surface area contributed by atoms with E-state index >= 15 is 0 Å². The highest BCUT2D eigenvalue weighted by molar-refractivity contribution is 9.10. The molecule has 0 spiro atoms. The Morgan fingerprint density at radius 1 is 1.50 bits per heavy atom. The summed E-state index contributed by atoms with van der Waals surface area (Å²) >= 11 is 3.35. The Labute approximate surface area is 80.3 Å². The smallest absolute Gasteiger partial charge is 0.151 e. The van der Waals surface area contributed by atoms with Gasteiger partial charge in [0.15, 0.2) is 4.60 Å². The molecule has 1 heterocycles. The van der Waals surface area contributed by atoms with Crippen molar-refractivity contribution in [3.8, 4) is 0 Å². The quantitative estimate of drug-likeness (QED) is 0.779. The van der Waals surface area contributed by atoms with Gasteiger partial charge in [0.2, 0.25) is 0 Å². The number of halogens is 1. The summed E-state index contributed by atoms with van der Waals surface area (Å²) in [7, 11) is 0. The van der Waals surface area contributed by atoms with Crippen molar-refractivity contribution in [2.24, 2.45) is 5.92 Å². The summed E-state index contributed by atoms with van der Waals surface area (Å²) in [6.07, 6.45) is 4.07. The Morgan fingerprint density at radius 2 is 2.25 bits per heavy atom. The minimum atomic E-state index is 0.823. The molecule has 0 atom stereocenters. The zero-order valence-corrected chi connectivity index (χ0v) is 8.71. The summed E-state index contributed by atoms with van der Waals surface area (Å²) < 4.78 is 0.877. The van der Waals surface area contributed by atoms with Gasteiger partial charge in [0, 0.05) is 0 Å². The van der Waals surface area contributed by atoms with E-state index < -0.39 is 0 Å². The standard InChI is InChI=1S/C8H12BrN3/c1-6-8(9)11-12(10-6)5-7-3-2-4-7/h7H,2-5H2,1H3. The van der Waals surface area contributed by atoms with Crippen molar-refractivity contribution in [2.75, 3.05) is 0 Å². The summed E-state index contributed by atoms with van der Waals surface area (Å²) in [5.41, 5.74) is 0.981. The predicted molar refractivity (Wildman–Crippen MR) is 49.8 cm³/mol. The van der Waals surface area contributed by atoms with E-state index in [0.717, 1.165) is 22.8 Å². The first-order valence-electron chi connectivity index (χ1n) is 4.33. The van der Waals surface area contributed by atoms with Gasteiger partial charge in [-0.15, -0.1) is 5.10 Å². The Hall–Kier alpha value is -0.380. The fourth-order valence-corrected chi connectivity index (χ4v) is 1.66. The Kier molecular flexibility index (Phi) is 2.17. The van der Waals surface area contributed by atoms with Crippen molar-refractivity contribution in [3.63, 3.8) is 0 Å². The third-order valence-corrected chi connectivity index (χ3v) is 3.15. The first-order valence-corrected chi connectivity index (χ1v) is 5.12. The Balaban J connectivity index is 2.02. The zero-order chi connectivity index (χ0) is 8.55. The molecule has 1 aliphatic carbocycles. The lowest BCUT2D eigenvalue weighted by atomic mass is 9.86. The molecule has 3 nitrogen and oxygen atoms in total. The molecule has 0 aromatic carbocycles. The highest BCUT2D eigenvalue weighted by atomic mass is 79.9. The van der Waals surface area contributed by atoms with E-state index in [2.05, 4.69) is 26.1 Å². The minimum absolute atomic E-state index is 0.823. The summed E-state index contributed by atoms with van der Waals surface area (Å²) in [5, 5.41) is 8.54. The molecule has 1 aromatic rings. The lowest BCUT2D eigenvalue weighted by Crippen LogP contribution is -2.19. The monoisotopic (exact) mass is 229 g/mol. The van der Waals surface area contributed by atoms with Crippen molar-refractivity contribution in [1.29, 1.82) is 0 Å². The van der Waals surface area contributed by atoms with Gasteiger partial charge in [0.25, 0.3) is 0 Å². The van der Waals surface area contributed by atoms with Crippen LogP contribution in [0, 0.1) is 12.8 Å². The van der Waals surface area contributed by atoms with E-state index in [-0.39, 0.29) is 0 Å². The molecule has 66 valence electrons. The third-order valence-electron chi connectivity index (χ3n) is 2.41. The van der Waals surface area contributed by atoms with E-state index in [1.807, 2.05) is 11.7 Å². The van der Waals surface area contributed by atoms with Gasteiger partial charge in [-0.25, -0.2) is 0 Å². The van der Waals surface area contributed by atoms with Crippen LogP contribution >= 0.6 is 15.9 Å². The second-order valence-electron chi connectivity index (χ2n) is 3.43. The fraction of sp³-hybridized carbons (Fsp3) is 0.750. The average Bonchev–Trinajstić information content (AvgIpc) is 2.24. The van der Waals surface area contributed by atoms with Crippen molar-refractivity contribution in [1.82, 2.24) is 15.0 Å². The van der Waals surface area contributed by atoms with E-state index in [4.69, 9.17) is 0 Å². The van der Waals surface area contributed by atoms with Gasteiger partial charge >= 0.3 is 0 Å². The summed E-state index contributed by atoms with van der Waals surface area (Å²) in [4.78, 5) is 1.81. The minimum Gasteiger partial charge on any atom is -0.183 e. The summed E-state index contributed by atoms with van der Waals surface area (Å²) in [5.74, 6) is 0.823. The second kappa shape index (κ2) is 3.17. The van der Waals surface area contributed by atoms with Crippen molar-refractivity contribution in [3.05, 3.63) is 10.3 Å². The number of nitrogens with zero attached hydrogens (tertiary/aromatic N) is 3. The van der Waals surface area contributed by atoms with Gasteiger partial charge in [-0.2, -0.15) is 9.90 Å². The second-order valence-corrected chi connectivity index (χ2v) is 4.18. The lowest BCUT2D eigenvalue weighted by molar-refractivity contribution is 0.253. The van der Waals surface area contributed by atoms with Crippen LogP contribution in [0.15, 0.2) is 4.60 Å². The van der Waals surface area contributed by atoms with E-state index in [9.17, 15) is 0 Å². The van der Waals surface area contributed by atoms with Crippen LogP contribution in [-0.4, -0.2) is 15.0 Å². The maximum Gasteiger partial charge on any atom is 0.151 e. The van der Waals surface area contributed by atoms with E-state index in [0.29, 0.717) is 0 Å². The Bertz CT molecular complexity index is 258. The molecule has 2 rings (SSSR count). The summed E-state index contributed by atoms with van der Waals surface area (Å²) in [6.45, 7) is 2.96. The number of hydrogen-bond donors (Lipinski definition) is 0. The van der Waals surface area contributed by atoms with Crippen molar-refractivity contribution < 1.29 is 0 Å². The van der Waals surface area contributed by atoms with E-state index in [1.165, 1.54) is 19.3 Å². The Morgan fingerprint density at radius 3 is 2.67 bits per heavy atom. The van der Waals surface area contributed by atoms with Crippen LogP contribution in [0.4, 0.5) is 0 Å². The third kappa shape index (κ3) is 1.53. The molecule has 0 N–H and O–H groups in total. The van der Waals surface area contributed by atoms with Gasteiger partial charge in [-0.05, 0) is 41.6 Å². The number of aryl methyl sites for hydroxylation is 1. The van der Waals surface area contributed by atoms with Crippen LogP contribution in [0.25, 0.3) is 0 Å². The highest BCUT2D eigenvalue weighted by Crippen LogP contribution is 2.27. The van der Waals surface area contributed by atoms with Crippen LogP contribution in [0.3, 0.4) is 0 Å². The van der Waals surface area contributed by atoms with Crippen molar-refractivity contribution >= 4 is 15.9 Å². The van der Waals surface area contributed by atoms with Crippen LogP contribution in [0.5, 0.6) is 0 Å². The van der Waals surface area contributed by atoms with Gasteiger partial charge in [-0.1, -0.05) is 6.42 Å². The lowest BCUT2D eigenvalue weighted by Gasteiger charge is -2.24. The molecule has 1 fully saturated rings. The molecule has 0 unspecified atom stereocenters. The number of rotatable bonds is 2. The molecular formula is C8H12BrN3. The van der Waals surface area contributed by atoms with Gasteiger partial charge in [0.1, 0.15) is 0 Å². The summed E-state index contributed by atoms with van der Waals surface area (Å²) in [6, 6.07) is 0. The van der Waals surface area contributed by atoms with Gasteiger partial charge in [-0.3, -0.25) is 0 Å². The van der Waals surface area contributed by atoms with Crippen LogP contribution in [-0.2, 0) is 6.54 Å². The van der Waals surface area contributed by atoms with Crippen molar-refractivity contribution in [2.45, 2.75) is 32.7 Å². The van der Waals surface area contributed by atoms with E-state index in [1.54, 1.807) is 0 Å². The number of aromatic nitrogens is 3. The fourth-order valence-electron chi connectivity index (χ4n) is 1.40. The zero-order valence-electron chi connectivity index (χ0n) is 7.13. The normalized spacial score (nSPS) is 17.8. The molecule has 1 saturated carbocycles. The maximum atomic E-state index is 4.29. The number of hydrogen-bond acceptors (Lipinski definition) is 2. The topological polar surface area (TPSA) is 30.7 Å². The van der Waals surface area contributed by atoms with Crippen LogP contribution in [0.2, 0.25) is 0 Å². The molecule has 1 aromatic heterocycles. The molecule has 0 radical (unpaired) electrons. The average molecular weight is 230 g/mol. The predicted octanol–water partition coefficient (Wildman–Crippen LogP) is 2.15. The molecule has 4 heteroatoms. The maximum absolute atomic E-state index is 4.29. The first-order chi connectivity index (χ1) is 5.75. The molecule has 0 aliphatic heterocycles. The molecule has 0 saturated heterocycles. The van der Waals surface area contributed by atoms with Gasteiger partial charge < -0.3 is 0 Å². The molecule has 12 heavy (non-hydrogen) atoms. The highest BCUT2D eigenvalue weighted by Gasteiger charge is 2.19. The SMILES string of the molecule is Cc1nn(CC2CCC2)nc1Br. The van der Waals surface area contributed by atoms with Gasteiger partial charge in [0.05, 0.1) is 12.2 Å². The van der Waals surface area contributed by atoms with Crippen LogP contribution in [0.1, 0.15) is 25.0 Å². The molecule has 0 amide bonds.